The molecule has 0 aliphatic rings. The molecule has 0 aliphatic heterocycles. The predicted octanol–water partition coefficient (Wildman–Crippen LogP) is 1.95. The molecule has 0 spiro atoms. The first-order chi connectivity index (χ1) is 7.69. The van der Waals surface area contributed by atoms with Crippen LogP contribution in [0.3, 0.4) is 0 Å². The van der Waals surface area contributed by atoms with E-state index >= 15 is 0 Å². The highest BCUT2D eigenvalue weighted by atomic mass is 16.3. The Balaban J connectivity index is 2.71. The maximum absolute atomic E-state index is 9.85. The minimum atomic E-state index is -0.588. The highest BCUT2D eigenvalue weighted by molar-refractivity contribution is 5.14. The van der Waals surface area contributed by atoms with Gasteiger partial charge >= 0.3 is 0 Å². The Kier molecular flexibility index (Phi) is 5.46. The van der Waals surface area contributed by atoms with Gasteiger partial charge in [0, 0.05) is 6.54 Å². The Morgan fingerprint density at radius 3 is 1.94 bits per heavy atom. The summed E-state index contributed by atoms with van der Waals surface area (Å²) in [7, 11) is 0. The normalized spacial score (nSPS) is 15.1. The third kappa shape index (κ3) is 3.59. The van der Waals surface area contributed by atoms with E-state index in [1.807, 2.05) is 44.2 Å². The standard InChI is InChI=1S/C13H21NO2/c1-3-12(15)14(13(16)4-2)10-11-8-6-5-7-9-11/h5-9,12-13,15-16H,3-4,10H2,1-2H3. The van der Waals surface area contributed by atoms with Crippen molar-refractivity contribution in [1.82, 2.24) is 4.90 Å². The van der Waals surface area contributed by atoms with Crippen LogP contribution < -0.4 is 0 Å². The van der Waals surface area contributed by atoms with Gasteiger partial charge in [0.25, 0.3) is 0 Å². The first kappa shape index (κ1) is 13.2. The minimum Gasteiger partial charge on any atom is -0.378 e. The van der Waals surface area contributed by atoms with Crippen LogP contribution in [0.15, 0.2) is 30.3 Å². The number of hydrogen-bond acceptors (Lipinski definition) is 3. The topological polar surface area (TPSA) is 43.7 Å². The third-order valence-corrected chi connectivity index (χ3v) is 2.70. The number of rotatable bonds is 6. The molecular formula is C13H21NO2. The van der Waals surface area contributed by atoms with E-state index in [1.54, 1.807) is 4.90 Å². The molecule has 0 saturated heterocycles. The van der Waals surface area contributed by atoms with Crippen LogP contribution in [0.4, 0.5) is 0 Å². The minimum absolute atomic E-state index is 0.574. The van der Waals surface area contributed by atoms with Gasteiger partial charge in [0.15, 0.2) is 0 Å². The van der Waals surface area contributed by atoms with Crippen molar-refractivity contribution in [3.8, 4) is 0 Å². The fraction of sp³-hybridized carbons (Fsp3) is 0.538. The molecule has 2 atom stereocenters. The van der Waals surface area contributed by atoms with Crippen molar-refractivity contribution in [3.05, 3.63) is 35.9 Å². The van der Waals surface area contributed by atoms with Gasteiger partial charge in [-0.05, 0) is 18.4 Å². The first-order valence-electron chi connectivity index (χ1n) is 5.84. The largest absolute Gasteiger partial charge is 0.378 e. The lowest BCUT2D eigenvalue weighted by molar-refractivity contribution is -0.109. The molecule has 1 aromatic carbocycles. The average molecular weight is 223 g/mol. The summed E-state index contributed by atoms with van der Waals surface area (Å²) in [5.74, 6) is 0. The molecule has 0 amide bonds. The lowest BCUT2D eigenvalue weighted by Gasteiger charge is -2.31. The van der Waals surface area contributed by atoms with Gasteiger partial charge in [-0.1, -0.05) is 44.2 Å². The second-order valence-electron chi connectivity index (χ2n) is 3.94. The van der Waals surface area contributed by atoms with Crippen LogP contribution in [0.1, 0.15) is 32.3 Å². The molecule has 2 N–H and O–H groups in total. The summed E-state index contributed by atoms with van der Waals surface area (Å²) in [4.78, 5) is 1.72. The van der Waals surface area contributed by atoms with E-state index in [9.17, 15) is 10.2 Å². The van der Waals surface area contributed by atoms with Gasteiger partial charge in [-0.2, -0.15) is 0 Å². The van der Waals surface area contributed by atoms with Crippen LogP contribution in [-0.4, -0.2) is 27.6 Å². The van der Waals surface area contributed by atoms with Gasteiger partial charge in [0.2, 0.25) is 0 Å². The van der Waals surface area contributed by atoms with Gasteiger partial charge in [-0.25, -0.2) is 4.90 Å². The summed E-state index contributed by atoms with van der Waals surface area (Å²) < 4.78 is 0. The number of nitrogens with zero attached hydrogens (tertiary/aromatic N) is 1. The van der Waals surface area contributed by atoms with Crippen LogP contribution in [-0.2, 0) is 6.54 Å². The smallest absolute Gasteiger partial charge is 0.109 e. The Morgan fingerprint density at radius 2 is 1.50 bits per heavy atom. The van der Waals surface area contributed by atoms with E-state index in [1.165, 1.54) is 0 Å². The molecule has 0 fully saturated rings. The SMILES string of the molecule is CCC(O)N(Cc1ccccc1)C(O)CC. The number of aliphatic hydroxyl groups excluding tert-OH is 2. The Bertz CT molecular complexity index is 279. The van der Waals surface area contributed by atoms with Gasteiger partial charge < -0.3 is 10.2 Å². The molecule has 0 aliphatic carbocycles. The summed E-state index contributed by atoms with van der Waals surface area (Å²) in [6.45, 7) is 4.39. The van der Waals surface area contributed by atoms with Crippen molar-refractivity contribution >= 4 is 0 Å². The van der Waals surface area contributed by atoms with Crippen molar-refractivity contribution < 1.29 is 10.2 Å². The van der Waals surface area contributed by atoms with Crippen LogP contribution in [0, 0.1) is 0 Å². The molecule has 3 heteroatoms. The quantitative estimate of drug-likeness (QED) is 0.724. The molecule has 1 aromatic rings. The Labute approximate surface area is 97.3 Å². The lowest BCUT2D eigenvalue weighted by atomic mass is 10.2. The van der Waals surface area contributed by atoms with Crippen LogP contribution in [0.5, 0.6) is 0 Å². The fourth-order valence-electron chi connectivity index (χ4n) is 1.67. The zero-order valence-corrected chi connectivity index (χ0v) is 10.0. The molecule has 1 rings (SSSR count). The maximum atomic E-state index is 9.85. The highest BCUT2D eigenvalue weighted by Crippen LogP contribution is 2.13. The van der Waals surface area contributed by atoms with E-state index in [0.717, 1.165) is 5.56 Å². The van der Waals surface area contributed by atoms with Gasteiger partial charge in [-0.3, -0.25) is 0 Å². The predicted molar refractivity (Wildman–Crippen MR) is 64.6 cm³/mol. The second kappa shape index (κ2) is 6.63. The van der Waals surface area contributed by atoms with E-state index in [-0.39, 0.29) is 0 Å². The number of benzene rings is 1. The molecule has 16 heavy (non-hydrogen) atoms. The van der Waals surface area contributed by atoms with Gasteiger partial charge in [0.05, 0.1) is 0 Å². The van der Waals surface area contributed by atoms with E-state index in [0.29, 0.717) is 19.4 Å². The summed E-state index contributed by atoms with van der Waals surface area (Å²) >= 11 is 0. The van der Waals surface area contributed by atoms with Crippen LogP contribution in [0.25, 0.3) is 0 Å². The van der Waals surface area contributed by atoms with E-state index < -0.39 is 12.5 Å². The average Bonchev–Trinajstić information content (AvgIpc) is 2.35. The molecule has 0 heterocycles. The third-order valence-electron chi connectivity index (χ3n) is 2.70. The zero-order valence-electron chi connectivity index (χ0n) is 10.0. The first-order valence-corrected chi connectivity index (χ1v) is 5.84. The number of hydrogen-bond donors (Lipinski definition) is 2. The maximum Gasteiger partial charge on any atom is 0.109 e. The molecule has 0 saturated carbocycles. The lowest BCUT2D eigenvalue weighted by Crippen LogP contribution is -2.42. The molecule has 2 unspecified atom stereocenters. The van der Waals surface area contributed by atoms with E-state index in [2.05, 4.69) is 0 Å². The van der Waals surface area contributed by atoms with Crippen LogP contribution >= 0.6 is 0 Å². The molecule has 3 nitrogen and oxygen atoms in total. The van der Waals surface area contributed by atoms with Gasteiger partial charge in [0.1, 0.15) is 12.5 Å². The van der Waals surface area contributed by atoms with Gasteiger partial charge in [-0.15, -0.1) is 0 Å². The molecule has 0 aromatic heterocycles. The monoisotopic (exact) mass is 223 g/mol. The zero-order chi connectivity index (χ0) is 12.0. The molecular weight excluding hydrogens is 202 g/mol. The summed E-state index contributed by atoms with van der Waals surface area (Å²) in [6.07, 6.45) is 0.0543. The summed E-state index contributed by atoms with van der Waals surface area (Å²) in [6, 6.07) is 9.88. The second-order valence-corrected chi connectivity index (χ2v) is 3.94. The van der Waals surface area contributed by atoms with Crippen molar-refractivity contribution in [1.29, 1.82) is 0 Å². The van der Waals surface area contributed by atoms with Crippen molar-refractivity contribution in [2.24, 2.45) is 0 Å². The van der Waals surface area contributed by atoms with Crippen LogP contribution in [0.2, 0.25) is 0 Å². The molecule has 0 bridgehead atoms. The molecule has 90 valence electrons. The molecule has 0 radical (unpaired) electrons. The number of aliphatic hydroxyl groups is 2. The van der Waals surface area contributed by atoms with Crippen molar-refractivity contribution in [2.75, 3.05) is 0 Å². The fourth-order valence-corrected chi connectivity index (χ4v) is 1.67. The van der Waals surface area contributed by atoms with Crippen molar-refractivity contribution in [2.45, 2.75) is 45.7 Å². The van der Waals surface area contributed by atoms with E-state index in [4.69, 9.17) is 0 Å². The summed E-state index contributed by atoms with van der Waals surface area (Å²) in [5, 5.41) is 19.7. The van der Waals surface area contributed by atoms with Crippen molar-refractivity contribution in [3.63, 3.8) is 0 Å². The Hall–Kier alpha value is -0.900. The highest BCUT2D eigenvalue weighted by Gasteiger charge is 2.20. The summed E-state index contributed by atoms with van der Waals surface area (Å²) in [5.41, 5.74) is 1.10. The Morgan fingerprint density at radius 1 is 1.00 bits per heavy atom.